The van der Waals surface area contributed by atoms with Gasteiger partial charge in [-0.05, 0) is 25.8 Å². The molecule has 2 aromatic heterocycles. The van der Waals surface area contributed by atoms with E-state index in [9.17, 15) is 9.18 Å². The van der Waals surface area contributed by atoms with Crippen LogP contribution in [0, 0.1) is 5.82 Å². The van der Waals surface area contributed by atoms with E-state index in [4.69, 9.17) is 9.84 Å². The van der Waals surface area contributed by atoms with Gasteiger partial charge >= 0.3 is 0 Å². The first-order valence-corrected chi connectivity index (χ1v) is 10.3. The Morgan fingerprint density at radius 2 is 2.00 bits per heavy atom. The van der Waals surface area contributed by atoms with Crippen molar-refractivity contribution in [2.45, 2.75) is 25.4 Å². The van der Waals surface area contributed by atoms with Gasteiger partial charge in [-0.25, -0.2) is 14.4 Å². The topological polar surface area (TPSA) is 107 Å². The maximum atomic E-state index is 14.5. The number of fused-ring (bicyclic) bond motifs is 1. The lowest BCUT2D eigenvalue weighted by molar-refractivity contribution is -0.134. The van der Waals surface area contributed by atoms with Gasteiger partial charge in [0.25, 0.3) is 0 Å². The molecule has 2 fully saturated rings. The Bertz CT molecular complexity index is 1140. The van der Waals surface area contributed by atoms with Gasteiger partial charge in [-0.15, -0.1) is 0 Å². The van der Waals surface area contributed by atoms with Gasteiger partial charge in [0.15, 0.2) is 11.6 Å². The average molecular weight is 426 g/mol. The number of anilines is 1. The summed E-state index contributed by atoms with van der Waals surface area (Å²) >= 11 is 0. The number of aromatic nitrogens is 4. The summed E-state index contributed by atoms with van der Waals surface area (Å²) in [5, 5.41) is 17.0. The Kier molecular flexibility index (Phi) is 4.73. The summed E-state index contributed by atoms with van der Waals surface area (Å²) in [4.78, 5) is 24.1. The second-order valence-electron chi connectivity index (χ2n) is 8.24. The first kappa shape index (κ1) is 19.7. The molecule has 1 saturated carbocycles. The van der Waals surface area contributed by atoms with Crippen LogP contribution in [0.4, 0.5) is 10.2 Å². The monoisotopic (exact) mass is 426 g/mol. The van der Waals surface area contributed by atoms with E-state index in [1.807, 2.05) is 13.0 Å². The Morgan fingerprint density at radius 1 is 1.23 bits per heavy atom. The highest BCUT2D eigenvalue weighted by Crippen LogP contribution is 2.41. The molecule has 1 aromatic carbocycles. The molecule has 162 valence electrons. The molecule has 5 rings (SSSR count). The molecule has 0 bridgehead atoms. The van der Waals surface area contributed by atoms with Gasteiger partial charge in [0, 0.05) is 43.7 Å². The predicted molar refractivity (Wildman–Crippen MR) is 111 cm³/mol. The Morgan fingerprint density at radius 3 is 2.71 bits per heavy atom. The fourth-order valence-electron chi connectivity index (χ4n) is 3.77. The summed E-state index contributed by atoms with van der Waals surface area (Å²) in [7, 11) is 0. The number of hydrogen-bond donors (Lipinski definition) is 2. The third-order valence-corrected chi connectivity index (χ3v) is 5.91. The Balaban J connectivity index is 1.42. The number of H-pyrrole nitrogens is 1. The molecular weight excluding hydrogens is 403 g/mol. The number of ether oxygens (including phenoxy) is 1. The van der Waals surface area contributed by atoms with E-state index in [0.717, 1.165) is 24.0 Å². The highest BCUT2D eigenvalue weighted by Gasteiger charge is 2.40. The SMILES string of the molecule is CC1(Oc2cc3c(-c4cc(N5CCN(C(=O)CO)CC5)ncn4)n[nH]c3cc2F)CC1. The lowest BCUT2D eigenvalue weighted by Crippen LogP contribution is -2.49. The van der Waals surface area contributed by atoms with E-state index in [2.05, 4.69) is 25.1 Å². The lowest BCUT2D eigenvalue weighted by atomic mass is 10.1. The largest absolute Gasteiger partial charge is 0.484 e. The van der Waals surface area contributed by atoms with Gasteiger partial charge < -0.3 is 19.6 Å². The zero-order chi connectivity index (χ0) is 21.6. The number of amides is 1. The van der Waals surface area contributed by atoms with Crippen molar-refractivity contribution in [3.05, 3.63) is 30.3 Å². The fourth-order valence-corrected chi connectivity index (χ4v) is 3.77. The van der Waals surface area contributed by atoms with Crippen molar-refractivity contribution in [1.82, 2.24) is 25.1 Å². The average Bonchev–Trinajstić information content (AvgIpc) is 3.38. The summed E-state index contributed by atoms with van der Waals surface area (Å²) < 4.78 is 20.3. The molecular formula is C21H23FN6O3. The second kappa shape index (κ2) is 7.45. The van der Waals surface area contributed by atoms with E-state index >= 15 is 0 Å². The molecule has 0 unspecified atom stereocenters. The molecule has 31 heavy (non-hydrogen) atoms. The fraction of sp³-hybridized carbons (Fsp3) is 0.429. The number of nitrogens with zero attached hydrogens (tertiary/aromatic N) is 5. The van der Waals surface area contributed by atoms with Gasteiger partial charge in [0.1, 0.15) is 30.0 Å². The predicted octanol–water partition coefficient (Wildman–Crippen LogP) is 1.73. The van der Waals surface area contributed by atoms with Crippen LogP contribution in [0.3, 0.4) is 0 Å². The zero-order valence-electron chi connectivity index (χ0n) is 17.1. The number of piperazine rings is 1. The van der Waals surface area contributed by atoms with Gasteiger partial charge in [-0.3, -0.25) is 9.89 Å². The Hall–Kier alpha value is -3.27. The molecule has 3 aromatic rings. The quantitative estimate of drug-likeness (QED) is 0.640. The van der Waals surface area contributed by atoms with Crippen LogP contribution in [0.2, 0.25) is 0 Å². The Labute approximate surface area is 177 Å². The molecule has 1 aliphatic heterocycles. The van der Waals surface area contributed by atoms with Crippen molar-refractivity contribution in [3.8, 4) is 17.1 Å². The maximum Gasteiger partial charge on any atom is 0.248 e. The van der Waals surface area contributed by atoms with Crippen LogP contribution in [-0.2, 0) is 4.79 Å². The van der Waals surface area contributed by atoms with E-state index in [1.165, 1.54) is 12.4 Å². The van der Waals surface area contributed by atoms with E-state index in [1.54, 1.807) is 11.0 Å². The van der Waals surface area contributed by atoms with Crippen LogP contribution in [0.25, 0.3) is 22.3 Å². The summed E-state index contributed by atoms with van der Waals surface area (Å²) in [6, 6.07) is 4.91. The lowest BCUT2D eigenvalue weighted by Gasteiger charge is -2.35. The van der Waals surface area contributed by atoms with E-state index in [0.29, 0.717) is 43.1 Å². The molecule has 1 aliphatic carbocycles. The third kappa shape index (κ3) is 3.78. The highest BCUT2D eigenvalue weighted by molar-refractivity contribution is 5.93. The van der Waals surface area contributed by atoms with Gasteiger partial charge in [0.05, 0.1) is 11.2 Å². The van der Waals surface area contributed by atoms with E-state index < -0.39 is 12.4 Å². The summed E-state index contributed by atoms with van der Waals surface area (Å²) in [6.45, 7) is 3.73. The molecule has 9 nitrogen and oxygen atoms in total. The van der Waals surface area contributed by atoms with Crippen LogP contribution in [0.1, 0.15) is 19.8 Å². The summed E-state index contributed by atoms with van der Waals surface area (Å²) in [6.07, 6.45) is 3.30. The highest BCUT2D eigenvalue weighted by atomic mass is 19.1. The number of aromatic amines is 1. The van der Waals surface area contributed by atoms with Crippen molar-refractivity contribution < 1.29 is 19.0 Å². The molecule has 10 heteroatoms. The van der Waals surface area contributed by atoms with Crippen LogP contribution < -0.4 is 9.64 Å². The molecule has 1 amide bonds. The number of hydrogen-bond acceptors (Lipinski definition) is 7. The smallest absolute Gasteiger partial charge is 0.248 e. The van der Waals surface area contributed by atoms with Crippen LogP contribution in [-0.4, -0.2) is 74.5 Å². The minimum absolute atomic E-state index is 0.217. The molecule has 2 aliphatic rings. The number of aliphatic hydroxyl groups excluding tert-OH is 1. The number of nitrogens with one attached hydrogen (secondary N) is 1. The van der Waals surface area contributed by atoms with E-state index in [-0.39, 0.29) is 17.3 Å². The molecule has 0 spiro atoms. The van der Waals surface area contributed by atoms with Gasteiger partial charge in [-0.2, -0.15) is 5.10 Å². The second-order valence-corrected chi connectivity index (χ2v) is 8.24. The number of rotatable bonds is 5. The van der Waals surface area contributed by atoms with Crippen molar-refractivity contribution in [2.24, 2.45) is 0 Å². The van der Waals surface area contributed by atoms with Crippen LogP contribution in [0.15, 0.2) is 24.5 Å². The zero-order valence-corrected chi connectivity index (χ0v) is 17.1. The first-order chi connectivity index (χ1) is 15.0. The van der Waals surface area contributed by atoms with Crippen molar-refractivity contribution in [2.75, 3.05) is 37.7 Å². The molecule has 1 saturated heterocycles. The number of aliphatic hydroxyl groups is 1. The summed E-state index contributed by atoms with van der Waals surface area (Å²) in [5.41, 5.74) is 1.48. The van der Waals surface area contributed by atoms with Gasteiger partial charge in [-0.1, -0.05) is 0 Å². The number of carbonyl (C=O) groups excluding carboxylic acids is 1. The van der Waals surface area contributed by atoms with Crippen molar-refractivity contribution in [3.63, 3.8) is 0 Å². The van der Waals surface area contributed by atoms with Crippen LogP contribution in [0.5, 0.6) is 5.75 Å². The summed E-state index contributed by atoms with van der Waals surface area (Å²) in [5.74, 6) is 0.251. The number of benzene rings is 1. The maximum absolute atomic E-state index is 14.5. The van der Waals surface area contributed by atoms with Crippen molar-refractivity contribution in [1.29, 1.82) is 0 Å². The first-order valence-electron chi connectivity index (χ1n) is 10.3. The number of halogens is 1. The molecule has 0 radical (unpaired) electrons. The number of carbonyl (C=O) groups is 1. The van der Waals surface area contributed by atoms with Crippen molar-refractivity contribution >= 4 is 22.6 Å². The third-order valence-electron chi connectivity index (χ3n) is 5.91. The van der Waals surface area contributed by atoms with Crippen LogP contribution >= 0.6 is 0 Å². The molecule has 2 N–H and O–H groups in total. The molecule has 0 atom stereocenters. The van der Waals surface area contributed by atoms with Gasteiger partial charge in [0.2, 0.25) is 5.91 Å². The normalized spacial score (nSPS) is 17.8. The minimum Gasteiger partial charge on any atom is -0.484 e. The molecule has 3 heterocycles. The standard InChI is InChI=1S/C21H23FN6O3/c1-21(2-3-21)31-17-8-13-15(9-14(17)22)25-26-20(13)16-10-18(24-12-23-16)27-4-6-28(7-5-27)19(30)11-29/h8-10,12,29H,2-7,11H2,1H3,(H,25,26). The minimum atomic E-state index is -0.477.